The van der Waals surface area contributed by atoms with E-state index in [2.05, 4.69) is 17.3 Å². The molecule has 15 heavy (non-hydrogen) atoms. The van der Waals surface area contributed by atoms with E-state index >= 15 is 0 Å². The molecule has 0 unspecified atom stereocenters. The molecule has 1 saturated carbocycles. The molecule has 1 aliphatic carbocycles. The number of hydrogen-bond donors (Lipinski definition) is 2. The lowest BCUT2D eigenvalue weighted by Crippen LogP contribution is -2.53. The molecular formula is C12H25N3. The fourth-order valence-electron chi connectivity index (χ4n) is 2.84. The summed E-state index contributed by atoms with van der Waals surface area (Å²) in [6.45, 7) is 2.47. The highest BCUT2D eigenvalue weighted by Crippen LogP contribution is 2.19. The van der Waals surface area contributed by atoms with Crippen molar-refractivity contribution in [1.82, 2.24) is 10.2 Å². The van der Waals surface area contributed by atoms with Gasteiger partial charge in [0.15, 0.2) is 0 Å². The smallest absolute Gasteiger partial charge is 0.0221 e. The van der Waals surface area contributed by atoms with Gasteiger partial charge in [0.2, 0.25) is 0 Å². The molecule has 2 rings (SSSR count). The van der Waals surface area contributed by atoms with Crippen molar-refractivity contribution in [2.45, 2.75) is 56.7 Å². The van der Waals surface area contributed by atoms with E-state index in [4.69, 9.17) is 5.73 Å². The zero-order valence-electron chi connectivity index (χ0n) is 9.91. The summed E-state index contributed by atoms with van der Waals surface area (Å²) in [5.74, 6) is 0. The van der Waals surface area contributed by atoms with Crippen LogP contribution in [-0.2, 0) is 0 Å². The molecule has 1 heterocycles. The van der Waals surface area contributed by atoms with Crippen molar-refractivity contribution in [3.05, 3.63) is 0 Å². The second-order valence-electron chi connectivity index (χ2n) is 5.30. The minimum atomic E-state index is 0.401. The second-order valence-corrected chi connectivity index (χ2v) is 5.30. The third-order valence-corrected chi connectivity index (χ3v) is 3.99. The summed E-state index contributed by atoms with van der Waals surface area (Å²) in [4.78, 5) is 2.42. The zero-order valence-corrected chi connectivity index (χ0v) is 9.91. The summed E-state index contributed by atoms with van der Waals surface area (Å²) in [5, 5.41) is 3.78. The highest BCUT2D eigenvalue weighted by molar-refractivity contribution is 4.87. The Hall–Kier alpha value is -0.120. The lowest BCUT2D eigenvalue weighted by atomic mass is 9.89. The summed E-state index contributed by atoms with van der Waals surface area (Å²) in [6, 6.07) is 1.71. The predicted octanol–water partition coefficient (Wildman–Crippen LogP) is 0.940. The van der Waals surface area contributed by atoms with E-state index in [9.17, 15) is 0 Å². The van der Waals surface area contributed by atoms with Crippen molar-refractivity contribution >= 4 is 0 Å². The highest BCUT2D eigenvalue weighted by atomic mass is 15.1. The maximum Gasteiger partial charge on any atom is 0.0221 e. The third kappa shape index (κ3) is 3.16. The predicted molar refractivity (Wildman–Crippen MR) is 63.9 cm³/mol. The van der Waals surface area contributed by atoms with Gasteiger partial charge in [0.1, 0.15) is 0 Å². The van der Waals surface area contributed by atoms with Gasteiger partial charge in [-0.25, -0.2) is 0 Å². The van der Waals surface area contributed by atoms with Crippen LogP contribution in [0, 0.1) is 0 Å². The molecule has 88 valence electrons. The van der Waals surface area contributed by atoms with Gasteiger partial charge in [-0.05, 0) is 45.8 Å². The van der Waals surface area contributed by atoms with E-state index in [0.717, 1.165) is 6.04 Å². The minimum Gasteiger partial charge on any atom is -0.326 e. The molecule has 0 amide bonds. The summed E-state index contributed by atoms with van der Waals surface area (Å²) in [7, 11) is 2.21. The van der Waals surface area contributed by atoms with Gasteiger partial charge < -0.3 is 16.0 Å². The van der Waals surface area contributed by atoms with Crippen LogP contribution in [0.15, 0.2) is 0 Å². The molecule has 0 spiro atoms. The Morgan fingerprint density at radius 2 is 1.73 bits per heavy atom. The van der Waals surface area contributed by atoms with Crippen molar-refractivity contribution in [1.29, 1.82) is 0 Å². The summed E-state index contributed by atoms with van der Waals surface area (Å²) in [6.07, 6.45) is 7.77. The van der Waals surface area contributed by atoms with Crippen LogP contribution in [0.4, 0.5) is 0 Å². The number of hydrogen-bond acceptors (Lipinski definition) is 3. The molecule has 0 aromatic heterocycles. The Labute approximate surface area is 93.4 Å². The molecular weight excluding hydrogens is 186 g/mol. The first kappa shape index (κ1) is 11.4. The first-order valence-electron chi connectivity index (χ1n) is 6.46. The van der Waals surface area contributed by atoms with Gasteiger partial charge >= 0.3 is 0 Å². The number of nitrogens with two attached hydrogens (primary N) is 1. The molecule has 2 fully saturated rings. The molecule has 3 N–H and O–H groups in total. The molecule has 3 heteroatoms. The lowest BCUT2D eigenvalue weighted by molar-refractivity contribution is 0.206. The van der Waals surface area contributed by atoms with Crippen LogP contribution in [0.3, 0.4) is 0 Å². The van der Waals surface area contributed by atoms with Crippen molar-refractivity contribution < 1.29 is 0 Å². The van der Waals surface area contributed by atoms with E-state index in [1.807, 2.05) is 0 Å². The number of nitrogens with one attached hydrogen (secondary N) is 1. The molecule has 2 aliphatic rings. The van der Waals surface area contributed by atoms with Gasteiger partial charge in [-0.2, -0.15) is 0 Å². The highest BCUT2D eigenvalue weighted by Gasteiger charge is 2.25. The maximum absolute atomic E-state index is 6.15. The molecule has 3 nitrogen and oxygen atoms in total. The van der Waals surface area contributed by atoms with Crippen LogP contribution in [0.1, 0.15) is 38.5 Å². The number of likely N-dealkylation sites (tertiary alicyclic amines) is 1. The van der Waals surface area contributed by atoms with E-state index < -0.39 is 0 Å². The van der Waals surface area contributed by atoms with Crippen molar-refractivity contribution in [3.63, 3.8) is 0 Å². The second kappa shape index (κ2) is 5.28. The molecule has 1 saturated heterocycles. The Morgan fingerprint density at radius 3 is 2.40 bits per heavy atom. The van der Waals surface area contributed by atoms with Crippen LogP contribution >= 0.6 is 0 Å². The summed E-state index contributed by atoms with van der Waals surface area (Å²) in [5.41, 5.74) is 6.15. The molecule has 0 bridgehead atoms. The van der Waals surface area contributed by atoms with Gasteiger partial charge in [0.05, 0.1) is 0 Å². The minimum absolute atomic E-state index is 0.401. The average molecular weight is 211 g/mol. The van der Waals surface area contributed by atoms with Crippen LogP contribution in [-0.4, -0.2) is 43.2 Å². The van der Waals surface area contributed by atoms with Crippen molar-refractivity contribution in [2.75, 3.05) is 20.1 Å². The fraction of sp³-hybridized carbons (Fsp3) is 1.00. The van der Waals surface area contributed by atoms with Gasteiger partial charge in [0.25, 0.3) is 0 Å². The molecule has 1 aliphatic heterocycles. The van der Waals surface area contributed by atoms with E-state index in [-0.39, 0.29) is 0 Å². The monoisotopic (exact) mass is 211 g/mol. The number of piperidine rings is 1. The van der Waals surface area contributed by atoms with Crippen LogP contribution in [0.2, 0.25) is 0 Å². The van der Waals surface area contributed by atoms with Crippen LogP contribution in [0.25, 0.3) is 0 Å². The molecule has 0 aromatic carbocycles. The van der Waals surface area contributed by atoms with E-state index in [1.165, 1.54) is 51.6 Å². The van der Waals surface area contributed by atoms with Crippen LogP contribution < -0.4 is 11.1 Å². The van der Waals surface area contributed by atoms with E-state index in [1.54, 1.807) is 0 Å². The zero-order chi connectivity index (χ0) is 10.7. The lowest BCUT2D eigenvalue weighted by Gasteiger charge is -2.36. The first-order valence-corrected chi connectivity index (χ1v) is 6.46. The normalized spacial score (nSPS) is 35.6. The third-order valence-electron chi connectivity index (χ3n) is 3.99. The SMILES string of the molecule is CN1CCC(N[C@H]2CCCC[C@H]2N)CC1. The largest absolute Gasteiger partial charge is 0.326 e. The fourth-order valence-corrected chi connectivity index (χ4v) is 2.84. The molecule has 0 radical (unpaired) electrons. The Bertz CT molecular complexity index is 187. The maximum atomic E-state index is 6.15. The van der Waals surface area contributed by atoms with Crippen LogP contribution in [0.5, 0.6) is 0 Å². The number of rotatable bonds is 2. The molecule has 2 atom stereocenters. The molecule has 0 aromatic rings. The summed E-state index contributed by atoms with van der Waals surface area (Å²) >= 11 is 0. The standard InChI is InChI=1S/C12H25N3/c1-15-8-6-10(7-9-15)14-12-5-3-2-4-11(12)13/h10-12,14H,2-9,13H2,1H3/t11-,12+/m1/s1. The Morgan fingerprint density at radius 1 is 1.07 bits per heavy atom. The van der Waals surface area contributed by atoms with Gasteiger partial charge in [-0.15, -0.1) is 0 Å². The number of nitrogens with zero attached hydrogens (tertiary/aromatic N) is 1. The first-order chi connectivity index (χ1) is 7.25. The average Bonchev–Trinajstić information content (AvgIpc) is 2.25. The van der Waals surface area contributed by atoms with Gasteiger partial charge in [0, 0.05) is 18.1 Å². The van der Waals surface area contributed by atoms with E-state index in [0.29, 0.717) is 12.1 Å². The van der Waals surface area contributed by atoms with Crippen molar-refractivity contribution in [3.8, 4) is 0 Å². The summed E-state index contributed by atoms with van der Waals surface area (Å²) < 4.78 is 0. The van der Waals surface area contributed by atoms with Gasteiger partial charge in [-0.3, -0.25) is 0 Å². The van der Waals surface area contributed by atoms with Gasteiger partial charge in [-0.1, -0.05) is 12.8 Å². The topological polar surface area (TPSA) is 41.3 Å². The quantitative estimate of drug-likeness (QED) is 0.714. The Kier molecular flexibility index (Phi) is 4.00. The Balaban J connectivity index is 1.75. The van der Waals surface area contributed by atoms with Crippen molar-refractivity contribution in [2.24, 2.45) is 5.73 Å².